The molecule has 0 saturated carbocycles. The van der Waals surface area contributed by atoms with Gasteiger partial charge in [-0.3, -0.25) is 4.98 Å². The van der Waals surface area contributed by atoms with Gasteiger partial charge in [-0.25, -0.2) is 9.78 Å². The van der Waals surface area contributed by atoms with Gasteiger partial charge in [0.2, 0.25) is 0 Å². The maximum absolute atomic E-state index is 12.1. The molecular formula is C19H19BrN2O3S. The highest BCUT2D eigenvalue weighted by Crippen LogP contribution is 2.35. The summed E-state index contributed by atoms with van der Waals surface area (Å²) in [5.41, 5.74) is 1.78. The van der Waals surface area contributed by atoms with E-state index < -0.39 is 5.97 Å². The first-order chi connectivity index (χ1) is 12.6. The number of hydrogen-bond acceptors (Lipinski definition) is 6. The summed E-state index contributed by atoms with van der Waals surface area (Å²) in [6, 6.07) is 11.5. The zero-order valence-electron chi connectivity index (χ0n) is 14.9. The fraction of sp³-hybridized carbons (Fsp3) is 0.211. The molecular weight excluding hydrogens is 416 g/mol. The first-order valence-corrected chi connectivity index (χ1v) is 9.57. The predicted molar refractivity (Wildman–Crippen MR) is 108 cm³/mol. The Bertz CT molecular complexity index is 901. The minimum atomic E-state index is -0.581. The normalized spacial score (nSPS) is 10.0. The van der Waals surface area contributed by atoms with Crippen LogP contribution < -0.4 is 4.18 Å². The summed E-state index contributed by atoms with van der Waals surface area (Å²) in [6.07, 6.45) is 1.64. The van der Waals surface area contributed by atoms with Gasteiger partial charge in [-0.2, -0.15) is 0 Å². The molecule has 2 aromatic heterocycles. The van der Waals surface area contributed by atoms with Crippen molar-refractivity contribution in [3.8, 4) is 5.75 Å². The summed E-state index contributed by atoms with van der Waals surface area (Å²) in [4.78, 5) is 21.6. The Hall–Kier alpha value is -2.12. The molecule has 0 aliphatic carbocycles. The lowest BCUT2D eigenvalue weighted by atomic mass is 10.2. The first-order valence-electron chi connectivity index (χ1n) is 8.04. The third-order valence-electron chi connectivity index (χ3n) is 3.29. The number of fused-ring (bicyclic) bond motifs is 1. The number of methoxy groups -OCH3 is 1. The second-order valence-corrected chi connectivity index (χ2v) is 6.51. The summed E-state index contributed by atoms with van der Waals surface area (Å²) in [5.74, 6) is -0.297. The molecule has 136 valence electrons. The molecule has 0 N–H and O–H groups in total. The Morgan fingerprint density at radius 1 is 1.15 bits per heavy atom. The van der Waals surface area contributed by atoms with Crippen LogP contribution in [0.5, 0.6) is 5.75 Å². The second kappa shape index (κ2) is 9.54. The third kappa shape index (κ3) is 4.53. The van der Waals surface area contributed by atoms with Crippen LogP contribution in [0.4, 0.5) is 0 Å². The van der Waals surface area contributed by atoms with E-state index in [1.807, 2.05) is 51.1 Å². The van der Waals surface area contributed by atoms with Crippen LogP contribution in [0.25, 0.3) is 10.9 Å². The van der Waals surface area contributed by atoms with Gasteiger partial charge >= 0.3 is 5.97 Å². The zero-order chi connectivity index (χ0) is 19.1. The number of hydrogen-bond donors (Lipinski definition) is 0. The average Bonchev–Trinajstić information content (AvgIpc) is 2.69. The number of carbonyl (C=O) groups excluding carboxylic acids is 1. The Labute approximate surface area is 165 Å². The molecule has 3 aromatic rings. The molecule has 0 aliphatic rings. The van der Waals surface area contributed by atoms with E-state index in [-0.39, 0.29) is 11.4 Å². The number of halogens is 1. The molecule has 3 rings (SSSR count). The van der Waals surface area contributed by atoms with Crippen molar-refractivity contribution in [1.82, 2.24) is 9.97 Å². The molecule has 1 aromatic carbocycles. The first kappa shape index (κ1) is 20.2. The van der Waals surface area contributed by atoms with Crippen LogP contribution in [0.3, 0.4) is 0 Å². The Kier molecular flexibility index (Phi) is 7.41. The van der Waals surface area contributed by atoms with Crippen molar-refractivity contribution in [1.29, 1.82) is 0 Å². The number of carbonyl (C=O) groups is 1. The van der Waals surface area contributed by atoms with Gasteiger partial charge < -0.3 is 8.92 Å². The van der Waals surface area contributed by atoms with Crippen LogP contribution in [0.15, 0.2) is 52.1 Å². The molecule has 0 bridgehead atoms. The highest BCUT2D eigenvalue weighted by atomic mass is 79.9. The Balaban J connectivity index is 0.00000117. The minimum Gasteiger partial charge on any atom is -0.464 e. The molecule has 26 heavy (non-hydrogen) atoms. The quantitative estimate of drug-likeness (QED) is 0.302. The SMILES string of the molecule is CC.COC(=O)c1nc(Br)c2cccnc2c1OSc1ccc(C)cc1. The van der Waals surface area contributed by atoms with Crippen molar-refractivity contribution in [3.63, 3.8) is 0 Å². The molecule has 0 amide bonds. The zero-order valence-corrected chi connectivity index (χ0v) is 17.3. The van der Waals surface area contributed by atoms with E-state index in [1.165, 1.54) is 7.11 Å². The van der Waals surface area contributed by atoms with Gasteiger partial charge in [0.15, 0.2) is 11.4 Å². The van der Waals surface area contributed by atoms with E-state index in [0.29, 0.717) is 10.1 Å². The van der Waals surface area contributed by atoms with Gasteiger partial charge in [-0.15, -0.1) is 0 Å². The fourth-order valence-corrected chi connectivity index (χ4v) is 3.15. The molecule has 0 atom stereocenters. The van der Waals surface area contributed by atoms with Crippen molar-refractivity contribution in [2.75, 3.05) is 7.11 Å². The maximum atomic E-state index is 12.1. The van der Waals surface area contributed by atoms with E-state index in [0.717, 1.165) is 27.9 Å². The molecule has 0 aliphatic heterocycles. The Morgan fingerprint density at radius 2 is 1.85 bits per heavy atom. The van der Waals surface area contributed by atoms with E-state index in [4.69, 9.17) is 8.92 Å². The van der Waals surface area contributed by atoms with Gasteiger partial charge in [0, 0.05) is 16.5 Å². The second-order valence-electron chi connectivity index (χ2n) is 4.95. The molecule has 7 heteroatoms. The molecule has 0 spiro atoms. The van der Waals surface area contributed by atoms with Crippen molar-refractivity contribution in [3.05, 3.63) is 58.5 Å². The van der Waals surface area contributed by atoms with Crippen LogP contribution in [0, 0.1) is 6.92 Å². The highest BCUT2D eigenvalue weighted by Gasteiger charge is 2.22. The number of esters is 1. The van der Waals surface area contributed by atoms with Crippen molar-refractivity contribution >= 4 is 44.8 Å². The van der Waals surface area contributed by atoms with Gasteiger partial charge in [0.05, 0.1) is 19.2 Å². The van der Waals surface area contributed by atoms with E-state index in [9.17, 15) is 4.79 Å². The third-order valence-corrected chi connectivity index (χ3v) is 4.61. The van der Waals surface area contributed by atoms with E-state index in [1.54, 1.807) is 12.3 Å². The molecule has 0 saturated heterocycles. The molecule has 5 nitrogen and oxygen atoms in total. The van der Waals surface area contributed by atoms with Gasteiger partial charge in [0.25, 0.3) is 0 Å². The summed E-state index contributed by atoms with van der Waals surface area (Å²) >= 11 is 4.50. The average molecular weight is 435 g/mol. The topological polar surface area (TPSA) is 61.3 Å². The molecule has 2 heterocycles. The predicted octanol–water partition coefficient (Wildman–Crippen LogP) is 5.60. The number of benzene rings is 1. The van der Waals surface area contributed by atoms with E-state index in [2.05, 4.69) is 25.9 Å². The maximum Gasteiger partial charge on any atom is 0.360 e. The van der Waals surface area contributed by atoms with Gasteiger partial charge in [0.1, 0.15) is 10.1 Å². The van der Waals surface area contributed by atoms with Crippen LogP contribution in [-0.4, -0.2) is 23.0 Å². The summed E-state index contributed by atoms with van der Waals surface area (Å²) in [5, 5.41) is 0.754. The lowest BCUT2D eigenvalue weighted by Gasteiger charge is -2.11. The van der Waals surface area contributed by atoms with E-state index >= 15 is 0 Å². The monoisotopic (exact) mass is 434 g/mol. The lowest BCUT2D eigenvalue weighted by Crippen LogP contribution is -2.08. The number of pyridine rings is 2. The fourth-order valence-electron chi connectivity index (χ4n) is 2.07. The van der Waals surface area contributed by atoms with Crippen molar-refractivity contribution < 1.29 is 13.7 Å². The lowest BCUT2D eigenvalue weighted by molar-refractivity contribution is 0.0592. The minimum absolute atomic E-state index is 0.0789. The van der Waals surface area contributed by atoms with Crippen molar-refractivity contribution in [2.24, 2.45) is 0 Å². The number of ether oxygens (including phenoxy) is 1. The van der Waals surface area contributed by atoms with Crippen LogP contribution in [-0.2, 0) is 4.74 Å². The summed E-state index contributed by atoms with van der Waals surface area (Å²) in [7, 11) is 1.30. The van der Waals surface area contributed by atoms with Gasteiger partial charge in [-0.1, -0.05) is 31.5 Å². The highest BCUT2D eigenvalue weighted by molar-refractivity contribution is 9.10. The number of aromatic nitrogens is 2. The van der Waals surface area contributed by atoms with Crippen LogP contribution >= 0.6 is 28.0 Å². The Morgan fingerprint density at radius 3 is 2.50 bits per heavy atom. The molecule has 0 fully saturated rings. The smallest absolute Gasteiger partial charge is 0.360 e. The van der Waals surface area contributed by atoms with Gasteiger partial charge in [-0.05, 0) is 47.1 Å². The summed E-state index contributed by atoms with van der Waals surface area (Å²) in [6.45, 7) is 6.01. The van der Waals surface area contributed by atoms with Crippen LogP contribution in [0.2, 0.25) is 0 Å². The summed E-state index contributed by atoms with van der Waals surface area (Å²) < 4.78 is 11.1. The number of rotatable bonds is 4. The largest absolute Gasteiger partial charge is 0.464 e. The number of nitrogens with zero attached hydrogens (tertiary/aromatic N) is 2. The number of aryl methyl sites for hydroxylation is 1. The molecule has 0 radical (unpaired) electrons. The molecule has 0 unspecified atom stereocenters. The standard InChI is InChI=1S/C17H13BrN2O3S.C2H6/c1-10-5-7-11(8-6-10)24-23-15-13-12(4-3-9-19-13)16(18)20-14(15)17(21)22-2;1-2/h3-9H,1-2H3;1-2H3. The van der Waals surface area contributed by atoms with Crippen LogP contribution in [0.1, 0.15) is 29.9 Å². The van der Waals surface area contributed by atoms with Crippen molar-refractivity contribution in [2.45, 2.75) is 25.7 Å².